The highest BCUT2D eigenvalue weighted by Gasteiger charge is 2.38. The number of thioether (sulfide) groups is 1. The Hall–Kier alpha value is -3.46. The number of rotatable bonds is 4. The van der Waals surface area contributed by atoms with Gasteiger partial charge in [-0.3, -0.25) is 10.2 Å². The molecule has 0 bridgehead atoms. The number of aromatic carboxylic acids is 1. The molecule has 0 atom stereocenters. The molecule has 5 rings (SSSR count). The molecule has 1 aliphatic carbocycles. The van der Waals surface area contributed by atoms with Crippen LogP contribution in [0.25, 0.3) is 17.4 Å². The third-order valence-corrected chi connectivity index (χ3v) is 6.80. The summed E-state index contributed by atoms with van der Waals surface area (Å²) in [6.07, 6.45) is 7.23. The first-order valence-electron chi connectivity index (χ1n) is 10.4. The molecule has 0 unspecified atom stereocenters. The fraction of sp³-hybridized carbons (Fsp3) is 0.261. The summed E-state index contributed by atoms with van der Waals surface area (Å²) in [7, 11) is 0. The largest absolute Gasteiger partial charge is 0.478 e. The lowest BCUT2D eigenvalue weighted by molar-refractivity contribution is -0.114. The highest BCUT2D eigenvalue weighted by molar-refractivity contribution is 8.27. The Labute approximate surface area is 188 Å². The van der Waals surface area contributed by atoms with Crippen molar-refractivity contribution in [2.75, 3.05) is 0 Å². The second kappa shape index (κ2) is 8.23. The first-order chi connectivity index (χ1) is 15.5. The molecule has 2 aliphatic heterocycles. The van der Waals surface area contributed by atoms with Gasteiger partial charge in [0.05, 0.1) is 11.1 Å². The van der Waals surface area contributed by atoms with Crippen LogP contribution in [-0.2, 0) is 4.79 Å². The summed E-state index contributed by atoms with van der Waals surface area (Å²) in [6.45, 7) is 0. The number of hydrogen-bond acceptors (Lipinski definition) is 6. The minimum Gasteiger partial charge on any atom is -0.478 e. The molecule has 9 heteroatoms. The number of carboxylic acid groups (broad SMARTS) is 1. The molecule has 3 aliphatic rings. The van der Waals surface area contributed by atoms with Crippen molar-refractivity contribution >= 4 is 45.8 Å². The molecule has 2 N–H and O–H groups in total. The summed E-state index contributed by atoms with van der Waals surface area (Å²) in [5.74, 6) is -0.341. The van der Waals surface area contributed by atoms with Crippen molar-refractivity contribution < 1.29 is 19.1 Å². The standard InChI is InChI=1S/C23H20N4O4S/c24-19-17(12-16-9-10-18(31-16)14-7-4-8-15(11-14)22(29)30)20(28)25-23-27(19)26-21(32-23)13-5-2-1-3-6-13/h4,7-13,24H,1-3,5-6H2,(H,29,30)/b17-12+,24-19?. The maximum Gasteiger partial charge on any atom is 0.335 e. The fourth-order valence-corrected chi connectivity index (χ4v) is 5.11. The first kappa shape index (κ1) is 20.4. The van der Waals surface area contributed by atoms with Crippen LogP contribution in [0.4, 0.5) is 0 Å². The summed E-state index contributed by atoms with van der Waals surface area (Å²) < 4.78 is 5.81. The molecular formula is C23H20N4O4S. The molecule has 3 heterocycles. The van der Waals surface area contributed by atoms with E-state index < -0.39 is 11.9 Å². The van der Waals surface area contributed by atoms with E-state index in [4.69, 9.17) is 9.83 Å². The van der Waals surface area contributed by atoms with Crippen LogP contribution in [0.1, 0.15) is 48.2 Å². The molecule has 8 nitrogen and oxygen atoms in total. The van der Waals surface area contributed by atoms with Crippen molar-refractivity contribution in [2.45, 2.75) is 32.1 Å². The lowest BCUT2D eigenvalue weighted by Gasteiger charge is -2.20. The number of hydrazone groups is 1. The Morgan fingerprint density at radius 2 is 2.03 bits per heavy atom. The monoisotopic (exact) mass is 448 g/mol. The summed E-state index contributed by atoms with van der Waals surface area (Å²) >= 11 is 1.39. The topological polar surface area (TPSA) is 119 Å². The average Bonchev–Trinajstić information content (AvgIpc) is 3.45. The Balaban J connectivity index is 1.40. The average molecular weight is 449 g/mol. The number of benzene rings is 1. The zero-order valence-electron chi connectivity index (χ0n) is 17.1. The number of hydrogen-bond donors (Lipinski definition) is 2. The van der Waals surface area contributed by atoms with E-state index >= 15 is 0 Å². The van der Waals surface area contributed by atoms with Crippen LogP contribution < -0.4 is 0 Å². The van der Waals surface area contributed by atoms with Gasteiger partial charge >= 0.3 is 5.97 Å². The van der Waals surface area contributed by atoms with E-state index in [2.05, 4.69) is 10.1 Å². The van der Waals surface area contributed by atoms with Crippen molar-refractivity contribution in [2.24, 2.45) is 16.0 Å². The number of nitrogens with zero attached hydrogens (tertiary/aromatic N) is 3. The van der Waals surface area contributed by atoms with Crippen LogP contribution in [-0.4, -0.2) is 38.0 Å². The molecule has 0 radical (unpaired) electrons. The van der Waals surface area contributed by atoms with Gasteiger partial charge in [0.15, 0.2) is 5.84 Å². The lowest BCUT2D eigenvalue weighted by atomic mass is 9.90. The number of carboxylic acids is 1. The van der Waals surface area contributed by atoms with E-state index in [1.807, 2.05) is 0 Å². The van der Waals surface area contributed by atoms with Crippen molar-refractivity contribution in [3.8, 4) is 11.3 Å². The maximum atomic E-state index is 12.6. The predicted octanol–water partition coefficient (Wildman–Crippen LogP) is 4.84. The van der Waals surface area contributed by atoms with Gasteiger partial charge in [-0.25, -0.2) is 4.79 Å². The summed E-state index contributed by atoms with van der Waals surface area (Å²) in [4.78, 5) is 28.0. The number of carbonyl (C=O) groups is 2. The highest BCUT2D eigenvalue weighted by atomic mass is 32.2. The zero-order chi connectivity index (χ0) is 22.2. The fourth-order valence-electron chi connectivity index (χ4n) is 4.05. The number of amides is 1. The zero-order valence-corrected chi connectivity index (χ0v) is 17.9. The number of carbonyl (C=O) groups excluding carboxylic acids is 1. The maximum absolute atomic E-state index is 12.6. The van der Waals surface area contributed by atoms with E-state index in [-0.39, 0.29) is 17.0 Å². The number of fused-ring (bicyclic) bond motifs is 1. The lowest BCUT2D eigenvalue weighted by Crippen LogP contribution is -2.35. The van der Waals surface area contributed by atoms with E-state index in [0.717, 1.165) is 17.9 Å². The van der Waals surface area contributed by atoms with Gasteiger partial charge in [0, 0.05) is 11.5 Å². The van der Waals surface area contributed by atoms with Gasteiger partial charge in [-0.05, 0) is 54.9 Å². The van der Waals surface area contributed by atoms with Crippen LogP contribution in [0.15, 0.2) is 56.5 Å². The molecule has 1 amide bonds. The van der Waals surface area contributed by atoms with E-state index in [9.17, 15) is 14.7 Å². The van der Waals surface area contributed by atoms with Crippen LogP contribution in [0.2, 0.25) is 0 Å². The molecular weight excluding hydrogens is 428 g/mol. The number of amidine groups is 2. The molecule has 32 heavy (non-hydrogen) atoms. The third-order valence-electron chi connectivity index (χ3n) is 5.73. The minimum atomic E-state index is -1.02. The minimum absolute atomic E-state index is 0.0239. The highest BCUT2D eigenvalue weighted by Crippen LogP contribution is 2.36. The molecule has 162 valence electrons. The smallest absolute Gasteiger partial charge is 0.335 e. The van der Waals surface area contributed by atoms with Crippen molar-refractivity contribution in [3.63, 3.8) is 0 Å². The summed E-state index contributed by atoms with van der Waals surface area (Å²) in [5.41, 5.74) is 0.865. The van der Waals surface area contributed by atoms with Gasteiger partial charge in [0.2, 0.25) is 5.17 Å². The van der Waals surface area contributed by atoms with Crippen molar-refractivity contribution in [1.29, 1.82) is 5.41 Å². The van der Waals surface area contributed by atoms with Crippen LogP contribution in [0.5, 0.6) is 0 Å². The SMILES string of the molecule is N=C1/C(=C\c2ccc(-c3cccc(C(=O)O)c3)o2)C(=O)N=C2SC(C3CCCCC3)=NN12. The first-order valence-corrected chi connectivity index (χ1v) is 11.2. The molecule has 2 aromatic rings. The van der Waals surface area contributed by atoms with E-state index in [1.54, 1.807) is 24.3 Å². The Bertz CT molecular complexity index is 1220. The van der Waals surface area contributed by atoms with Gasteiger partial charge < -0.3 is 9.52 Å². The van der Waals surface area contributed by atoms with E-state index in [0.29, 0.717) is 28.2 Å². The normalized spacial score (nSPS) is 20.4. The Morgan fingerprint density at radius 1 is 1.22 bits per heavy atom. The molecule has 1 saturated carbocycles. The van der Waals surface area contributed by atoms with Crippen LogP contribution in [0, 0.1) is 11.3 Å². The summed E-state index contributed by atoms with van der Waals surface area (Å²) in [5, 5.41) is 25.1. The van der Waals surface area contributed by atoms with Crippen LogP contribution >= 0.6 is 11.8 Å². The predicted molar refractivity (Wildman–Crippen MR) is 123 cm³/mol. The van der Waals surface area contributed by atoms with Gasteiger partial charge in [-0.1, -0.05) is 31.4 Å². The number of furan rings is 1. The van der Waals surface area contributed by atoms with Crippen LogP contribution in [0.3, 0.4) is 0 Å². The number of aliphatic imine (C=N–C) groups is 1. The molecule has 1 aromatic carbocycles. The Morgan fingerprint density at radius 3 is 2.81 bits per heavy atom. The van der Waals surface area contributed by atoms with E-state index in [1.165, 1.54) is 54.2 Å². The number of nitrogens with one attached hydrogen (secondary N) is 1. The summed E-state index contributed by atoms with van der Waals surface area (Å²) in [6, 6.07) is 9.78. The molecule has 0 saturated heterocycles. The van der Waals surface area contributed by atoms with Crippen molar-refractivity contribution in [1.82, 2.24) is 5.01 Å². The van der Waals surface area contributed by atoms with Gasteiger partial charge in [0.1, 0.15) is 16.6 Å². The Kier molecular flexibility index (Phi) is 5.26. The van der Waals surface area contributed by atoms with Gasteiger partial charge in [-0.2, -0.15) is 15.1 Å². The molecule has 0 spiro atoms. The van der Waals surface area contributed by atoms with Crippen molar-refractivity contribution in [3.05, 3.63) is 53.3 Å². The third kappa shape index (κ3) is 3.80. The molecule has 1 aromatic heterocycles. The van der Waals surface area contributed by atoms with Gasteiger partial charge in [0.25, 0.3) is 5.91 Å². The molecule has 1 fully saturated rings. The van der Waals surface area contributed by atoms with Gasteiger partial charge in [-0.15, -0.1) is 0 Å². The quantitative estimate of drug-likeness (QED) is 0.646. The second-order valence-electron chi connectivity index (χ2n) is 7.88. The second-order valence-corrected chi connectivity index (χ2v) is 8.87.